The lowest BCUT2D eigenvalue weighted by Crippen LogP contribution is -2.30. The highest BCUT2D eigenvalue weighted by molar-refractivity contribution is 6.35. The van der Waals surface area contributed by atoms with E-state index in [1.165, 1.54) is 32.1 Å². The monoisotopic (exact) mass is 393 g/mol. The lowest BCUT2D eigenvalue weighted by Gasteiger charge is -2.24. The van der Waals surface area contributed by atoms with Crippen LogP contribution in [0.2, 0.25) is 10.0 Å². The molecule has 2 aromatic carbocycles. The third-order valence-corrected chi connectivity index (χ3v) is 5.44. The minimum absolute atomic E-state index is 0.368. The van der Waals surface area contributed by atoms with Gasteiger partial charge in [0.2, 0.25) is 0 Å². The summed E-state index contributed by atoms with van der Waals surface area (Å²) in [7, 11) is 1.66. The summed E-state index contributed by atoms with van der Waals surface area (Å²) < 4.78 is 11.6. The molecule has 1 aliphatic rings. The second-order valence-electron chi connectivity index (χ2n) is 6.69. The molecule has 26 heavy (non-hydrogen) atoms. The van der Waals surface area contributed by atoms with Crippen LogP contribution in [0.3, 0.4) is 0 Å². The van der Waals surface area contributed by atoms with E-state index in [-0.39, 0.29) is 0 Å². The topological polar surface area (TPSA) is 30.5 Å². The fourth-order valence-electron chi connectivity index (χ4n) is 3.37. The lowest BCUT2D eigenvalue weighted by atomic mass is 9.95. The number of ether oxygens (including phenoxy) is 2. The van der Waals surface area contributed by atoms with Gasteiger partial charge < -0.3 is 14.8 Å². The largest absolute Gasteiger partial charge is 0.493 e. The Bertz CT molecular complexity index is 730. The van der Waals surface area contributed by atoms with Gasteiger partial charge >= 0.3 is 0 Å². The first-order chi connectivity index (χ1) is 12.7. The molecule has 0 aromatic heterocycles. The van der Waals surface area contributed by atoms with Gasteiger partial charge in [-0.2, -0.15) is 0 Å². The number of nitrogens with one attached hydrogen (secondary N) is 1. The van der Waals surface area contributed by atoms with E-state index < -0.39 is 0 Å². The zero-order chi connectivity index (χ0) is 18.4. The van der Waals surface area contributed by atoms with Gasteiger partial charge in [0.1, 0.15) is 6.61 Å². The molecule has 1 saturated carbocycles. The van der Waals surface area contributed by atoms with Crippen LogP contribution in [0.4, 0.5) is 0 Å². The first-order valence-corrected chi connectivity index (χ1v) is 9.89. The second kappa shape index (κ2) is 9.50. The van der Waals surface area contributed by atoms with E-state index in [1.807, 2.05) is 24.3 Å². The average Bonchev–Trinajstić information content (AvgIpc) is 2.66. The van der Waals surface area contributed by atoms with Crippen molar-refractivity contribution >= 4 is 23.2 Å². The van der Waals surface area contributed by atoms with Crippen molar-refractivity contribution in [2.45, 2.75) is 51.3 Å². The van der Waals surface area contributed by atoms with Crippen molar-refractivity contribution in [3.63, 3.8) is 0 Å². The third kappa shape index (κ3) is 5.06. The van der Waals surface area contributed by atoms with E-state index in [9.17, 15) is 0 Å². The molecule has 0 radical (unpaired) electrons. The molecule has 2 aromatic rings. The van der Waals surface area contributed by atoms with Crippen LogP contribution >= 0.6 is 23.2 Å². The molecule has 0 bridgehead atoms. The van der Waals surface area contributed by atoms with Crippen molar-refractivity contribution in [1.82, 2.24) is 5.32 Å². The first kappa shape index (κ1) is 19.3. The SMILES string of the molecule is COc1cccc(CNC2CCCCC2)c1OCc1ccc(Cl)cc1Cl. The van der Waals surface area contributed by atoms with Crippen molar-refractivity contribution < 1.29 is 9.47 Å². The Morgan fingerprint density at radius 3 is 2.58 bits per heavy atom. The fraction of sp³-hybridized carbons (Fsp3) is 0.429. The summed E-state index contributed by atoms with van der Waals surface area (Å²) >= 11 is 12.2. The van der Waals surface area contributed by atoms with Gasteiger partial charge in [0.15, 0.2) is 11.5 Å². The van der Waals surface area contributed by atoms with Gasteiger partial charge in [-0.1, -0.05) is 60.7 Å². The maximum absolute atomic E-state index is 6.26. The molecule has 140 valence electrons. The summed E-state index contributed by atoms with van der Waals surface area (Å²) in [5.41, 5.74) is 1.99. The molecule has 0 unspecified atom stereocenters. The Morgan fingerprint density at radius 1 is 1.04 bits per heavy atom. The van der Waals surface area contributed by atoms with Crippen LogP contribution in [-0.2, 0) is 13.2 Å². The molecule has 0 amide bonds. The molecule has 0 saturated heterocycles. The number of benzene rings is 2. The Morgan fingerprint density at radius 2 is 1.85 bits per heavy atom. The predicted molar refractivity (Wildman–Crippen MR) is 108 cm³/mol. The maximum atomic E-state index is 6.26. The average molecular weight is 394 g/mol. The van der Waals surface area contributed by atoms with Crippen molar-refractivity contribution in [1.29, 1.82) is 0 Å². The number of hydrogen-bond donors (Lipinski definition) is 1. The Labute approximate surface area is 165 Å². The number of rotatable bonds is 7. The van der Waals surface area contributed by atoms with Crippen molar-refractivity contribution in [2.75, 3.05) is 7.11 Å². The molecule has 1 N–H and O–H groups in total. The maximum Gasteiger partial charge on any atom is 0.166 e. The van der Waals surface area contributed by atoms with Crippen LogP contribution in [0.5, 0.6) is 11.5 Å². The number of hydrogen-bond acceptors (Lipinski definition) is 3. The van der Waals surface area contributed by atoms with Crippen LogP contribution in [0.15, 0.2) is 36.4 Å². The van der Waals surface area contributed by atoms with E-state index >= 15 is 0 Å². The Kier molecular flexibility index (Phi) is 7.07. The molecule has 1 aliphatic carbocycles. The van der Waals surface area contributed by atoms with E-state index in [2.05, 4.69) is 11.4 Å². The van der Waals surface area contributed by atoms with Crippen molar-refractivity contribution in [3.05, 3.63) is 57.6 Å². The first-order valence-electron chi connectivity index (χ1n) is 9.13. The van der Waals surface area contributed by atoms with Gasteiger partial charge in [-0.05, 0) is 31.0 Å². The predicted octanol–water partition coefficient (Wildman–Crippen LogP) is 6.00. The van der Waals surface area contributed by atoms with Crippen molar-refractivity contribution in [2.24, 2.45) is 0 Å². The number of para-hydroxylation sites is 1. The Hall–Kier alpha value is -1.42. The molecule has 3 nitrogen and oxygen atoms in total. The number of halogens is 2. The number of methoxy groups -OCH3 is 1. The van der Waals surface area contributed by atoms with E-state index in [0.717, 1.165) is 29.2 Å². The minimum atomic E-state index is 0.368. The summed E-state index contributed by atoms with van der Waals surface area (Å²) in [6.45, 7) is 1.14. The van der Waals surface area contributed by atoms with Gasteiger partial charge in [-0.3, -0.25) is 0 Å². The zero-order valence-corrected chi connectivity index (χ0v) is 16.6. The van der Waals surface area contributed by atoms with Crippen LogP contribution in [0.1, 0.15) is 43.2 Å². The molecule has 0 heterocycles. The van der Waals surface area contributed by atoms with Gasteiger partial charge in [0.05, 0.1) is 7.11 Å². The van der Waals surface area contributed by atoms with Gasteiger partial charge in [-0.25, -0.2) is 0 Å². The lowest BCUT2D eigenvalue weighted by molar-refractivity contribution is 0.279. The summed E-state index contributed by atoms with van der Waals surface area (Å²) in [6.07, 6.45) is 6.48. The standard InChI is InChI=1S/C21H25Cl2NO2/c1-25-20-9-5-6-15(13-24-18-7-3-2-4-8-18)21(20)26-14-16-10-11-17(22)12-19(16)23/h5-6,9-12,18,24H,2-4,7-8,13-14H2,1H3. The fourth-order valence-corrected chi connectivity index (χ4v) is 3.84. The third-order valence-electron chi connectivity index (χ3n) is 4.85. The molecule has 0 aliphatic heterocycles. The van der Waals surface area contributed by atoms with Crippen LogP contribution < -0.4 is 14.8 Å². The van der Waals surface area contributed by atoms with E-state index in [1.54, 1.807) is 13.2 Å². The van der Waals surface area contributed by atoms with Crippen molar-refractivity contribution in [3.8, 4) is 11.5 Å². The smallest absolute Gasteiger partial charge is 0.166 e. The minimum Gasteiger partial charge on any atom is -0.493 e. The second-order valence-corrected chi connectivity index (χ2v) is 7.53. The molecular formula is C21H25Cl2NO2. The van der Waals surface area contributed by atoms with Gasteiger partial charge in [0.25, 0.3) is 0 Å². The summed E-state index contributed by atoms with van der Waals surface area (Å²) in [6, 6.07) is 12.0. The van der Waals surface area contributed by atoms with E-state index in [0.29, 0.717) is 22.7 Å². The molecule has 0 atom stereocenters. The molecule has 1 fully saturated rings. The van der Waals surface area contributed by atoms with Crippen LogP contribution in [0.25, 0.3) is 0 Å². The highest BCUT2D eigenvalue weighted by atomic mass is 35.5. The molecule has 5 heteroatoms. The van der Waals surface area contributed by atoms with Crippen LogP contribution in [0, 0.1) is 0 Å². The normalized spacial score (nSPS) is 15.0. The highest BCUT2D eigenvalue weighted by Crippen LogP contribution is 2.33. The summed E-state index contributed by atoms with van der Waals surface area (Å²) in [5, 5.41) is 4.89. The van der Waals surface area contributed by atoms with Gasteiger partial charge in [-0.15, -0.1) is 0 Å². The highest BCUT2D eigenvalue weighted by Gasteiger charge is 2.16. The molecular weight excluding hydrogens is 369 g/mol. The quantitative estimate of drug-likeness (QED) is 0.625. The molecule has 3 rings (SSSR count). The van der Waals surface area contributed by atoms with E-state index in [4.69, 9.17) is 32.7 Å². The summed E-state index contributed by atoms with van der Waals surface area (Å²) in [4.78, 5) is 0. The zero-order valence-electron chi connectivity index (χ0n) is 15.1. The van der Waals surface area contributed by atoms with Gasteiger partial charge in [0, 0.05) is 33.8 Å². The van der Waals surface area contributed by atoms with Crippen LogP contribution in [-0.4, -0.2) is 13.2 Å². The molecule has 0 spiro atoms. The summed E-state index contributed by atoms with van der Waals surface area (Å²) in [5.74, 6) is 1.50. The Balaban J connectivity index is 1.71.